The van der Waals surface area contributed by atoms with Gasteiger partial charge in [-0.15, -0.1) is 0 Å². The zero-order valence-corrected chi connectivity index (χ0v) is 13.5. The molecule has 0 radical (unpaired) electrons. The summed E-state index contributed by atoms with van der Waals surface area (Å²) in [5.41, 5.74) is 0.958. The normalized spacial score (nSPS) is 14.9. The van der Waals surface area contributed by atoms with Crippen molar-refractivity contribution in [2.75, 3.05) is 11.4 Å². The van der Waals surface area contributed by atoms with Gasteiger partial charge in [0.1, 0.15) is 5.82 Å². The highest BCUT2D eigenvalue weighted by atomic mass is 19.3. The highest BCUT2D eigenvalue weighted by Gasteiger charge is 2.27. The van der Waals surface area contributed by atoms with Gasteiger partial charge in [-0.3, -0.25) is 0 Å². The molecule has 0 N–H and O–H groups in total. The Morgan fingerprint density at radius 3 is 2.50 bits per heavy atom. The first kappa shape index (κ1) is 16.7. The highest BCUT2D eigenvalue weighted by Crippen LogP contribution is 2.32. The molecule has 0 saturated carbocycles. The minimum atomic E-state index is -2.53. The van der Waals surface area contributed by atoms with Gasteiger partial charge in [0.05, 0.1) is 5.41 Å². The van der Waals surface area contributed by atoms with E-state index in [2.05, 4.69) is 30.6 Å². The maximum Gasteiger partial charge on any atom is 0.254 e. The molecule has 0 bridgehead atoms. The lowest BCUT2D eigenvalue weighted by Crippen LogP contribution is -2.35. The lowest BCUT2D eigenvalue weighted by atomic mass is 9.92. The SMILES string of the molecule is CC(C)N1CCCc2c(C#CC(C)(C)C(F)F)cc(F)cc21. The second kappa shape index (κ2) is 6.24. The van der Waals surface area contributed by atoms with Crippen LogP contribution < -0.4 is 4.90 Å². The maximum absolute atomic E-state index is 13.9. The van der Waals surface area contributed by atoms with Crippen LogP contribution in [0.3, 0.4) is 0 Å². The molecule has 1 aromatic rings. The fourth-order valence-electron chi connectivity index (χ4n) is 2.62. The van der Waals surface area contributed by atoms with Crippen molar-refractivity contribution in [3.8, 4) is 11.8 Å². The van der Waals surface area contributed by atoms with E-state index in [1.807, 2.05) is 0 Å². The molecular formula is C18H22F3N. The molecule has 1 aliphatic heterocycles. The van der Waals surface area contributed by atoms with E-state index < -0.39 is 11.8 Å². The molecule has 0 atom stereocenters. The van der Waals surface area contributed by atoms with Crippen molar-refractivity contribution >= 4 is 5.69 Å². The summed E-state index contributed by atoms with van der Waals surface area (Å²) in [5, 5.41) is 0. The van der Waals surface area contributed by atoms with E-state index in [1.54, 1.807) is 0 Å². The Bertz CT molecular complexity index is 609. The number of nitrogens with zero attached hydrogens (tertiary/aromatic N) is 1. The highest BCUT2D eigenvalue weighted by molar-refractivity contribution is 5.63. The van der Waals surface area contributed by atoms with E-state index in [0.717, 1.165) is 30.6 Å². The quantitative estimate of drug-likeness (QED) is 0.720. The number of halogens is 3. The van der Waals surface area contributed by atoms with Crippen LogP contribution in [0.4, 0.5) is 18.9 Å². The molecule has 1 aromatic carbocycles. The molecule has 22 heavy (non-hydrogen) atoms. The summed E-state index contributed by atoms with van der Waals surface area (Å²) >= 11 is 0. The summed E-state index contributed by atoms with van der Waals surface area (Å²) in [6, 6.07) is 3.15. The molecule has 0 spiro atoms. The van der Waals surface area contributed by atoms with Gasteiger partial charge in [0.15, 0.2) is 0 Å². The number of alkyl halides is 2. The molecule has 4 heteroatoms. The molecule has 2 rings (SSSR count). The lowest BCUT2D eigenvalue weighted by molar-refractivity contribution is 0.0570. The predicted octanol–water partition coefficient (Wildman–Crippen LogP) is 4.63. The van der Waals surface area contributed by atoms with Crippen molar-refractivity contribution in [3.05, 3.63) is 29.1 Å². The Balaban J connectivity index is 2.49. The first-order chi connectivity index (χ1) is 10.2. The van der Waals surface area contributed by atoms with Crippen molar-refractivity contribution in [2.24, 2.45) is 5.41 Å². The number of benzene rings is 1. The van der Waals surface area contributed by atoms with Crippen molar-refractivity contribution in [1.29, 1.82) is 0 Å². The van der Waals surface area contributed by atoms with E-state index in [0.29, 0.717) is 5.56 Å². The first-order valence-electron chi connectivity index (χ1n) is 7.63. The van der Waals surface area contributed by atoms with Crippen molar-refractivity contribution in [2.45, 2.75) is 53.0 Å². The summed E-state index contributed by atoms with van der Waals surface area (Å²) < 4.78 is 39.8. The third kappa shape index (κ3) is 3.40. The molecular weight excluding hydrogens is 287 g/mol. The van der Waals surface area contributed by atoms with Gasteiger partial charge in [-0.25, -0.2) is 13.2 Å². The minimum absolute atomic E-state index is 0.263. The van der Waals surface area contributed by atoms with Crippen LogP contribution in [0, 0.1) is 23.1 Å². The summed E-state index contributed by atoms with van der Waals surface area (Å²) in [5.74, 6) is 5.04. The maximum atomic E-state index is 13.9. The van der Waals surface area contributed by atoms with Gasteiger partial charge >= 0.3 is 0 Å². The van der Waals surface area contributed by atoms with E-state index in [9.17, 15) is 13.2 Å². The molecule has 0 aliphatic carbocycles. The van der Waals surface area contributed by atoms with Crippen LogP contribution in [0.25, 0.3) is 0 Å². The molecule has 1 aliphatic rings. The van der Waals surface area contributed by atoms with Gasteiger partial charge in [0, 0.05) is 23.8 Å². The summed E-state index contributed by atoms with van der Waals surface area (Å²) in [6.45, 7) is 7.80. The number of hydrogen-bond acceptors (Lipinski definition) is 1. The van der Waals surface area contributed by atoms with Crippen LogP contribution in [0.5, 0.6) is 0 Å². The zero-order valence-electron chi connectivity index (χ0n) is 13.5. The number of anilines is 1. The third-order valence-electron chi connectivity index (χ3n) is 4.01. The second-order valence-corrected chi connectivity index (χ2v) is 6.61. The molecule has 0 aromatic heterocycles. The fraction of sp³-hybridized carbons (Fsp3) is 0.556. The number of rotatable bonds is 2. The molecule has 1 nitrogen and oxygen atoms in total. The van der Waals surface area contributed by atoms with Crippen molar-refractivity contribution in [3.63, 3.8) is 0 Å². The lowest BCUT2D eigenvalue weighted by Gasteiger charge is -2.35. The smallest absolute Gasteiger partial charge is 0.254 e. The Morgan fingerprint density at radius 2 is 1.91 bits per heavy atom. The Hall–Kier alpha value is -1.63. The van der Waals surface area contributed by atoms with Gasteiger partial charge in [0.25, 0.3) is 6.43 Å². The van der Waals surface area contributed by atoms with E-state index in [4.69, 9.17) is 0 Å². The predicted molar refractivity (Wildman–Crippen MR) is 83.9 cm³/mol. The third-order valence-corrected chi connectivity index (χ3v) is 4.01. The summed E-state index contributed by atoms with van der Waals surface area (Å²) in [4.78, 5) is 2.14. The van der Waals surface area contributed by atoms with Crippen LogP contribution >= 0.6 is 0 Å². The van der Waals surface area contributed by atoms with Crippen molar-refractivity contribution < 1.29 is 13.2 Å². The van der Waals surface area contributed by atoms with Crippen LogP contribution in [0.1, 0.15) is 45.2 Å². The standard InChI is InChI=1S/C18H22F3N/c1-12(2)22-9-5-6-15-13(10-14(19)11-16(15)22)7-8-18(3,4)17(20)21/h10-12,17H,5-6,9H2,1-4H3. The molecule has 0 saturated heterocycles. The van der Waals surface area contributed by atoms with Crippen molar-refractivity contribution in [1.82, 2.24) is 0 Å². The average Bonchev–Trinajstić information content (AvgIpc) is 2.43. The van der Waals surface area contributed by atoms with Gasteiger partial charge < -0.3 is 4.90 Å². The monoisotopic (exact) mass is 309 g/mol. The average molecular weight is 309 g/mol. The van der Waals surface area contributed by atoms with E-state index >= 15 is 0 Å². The number of hydrogen-bond donors (Lipinski definition) is 0. The van der Waals surface area contributed by atoms with Gasteiger partial charge in [-0.1, -0.05) is 11.8 Å². The van der Waals surface area contributed by atoms with Gasteiger partial charge in [-0.05, 0) is 58.2 Å². The Kier molecular flexibility index (Phi) is 4.75. The number of fused-ring (bicyclic) bond motifs is 1. The van der Waals surface area contributed by atoms with Crippen LogP contribution in [0.2, 0.25) is 0 Å². The van der Waals surface area contributed by atoms with Crippen LogP contribution in [-0.4, -0.2) is 19.0 Å². The first-order valence-corrected chi connectivity index (χ1v) is 7.63. The molecule has 1 heterocycles. The van der Waals surface area contributed by atoms with Crippen LogP contribution in [0.15, 0.2) is 12.1 Å². The van der Waals surface area contributed by atoms with E-state index in [1.165, 1.54) is 26.0 Å². The summed E-state index contributed by atoms with van der Waals surface area (Å²) in [7, 11) is 0. The van der Waals surface area contributed by atoms with E-state index in [-0.39, 0.29) is 11.9 Å². The Morgan fingerprint density at radius 1 is 1.23 bits per heavy atom. The topological polar surface area (TPSA) is 3.24 Å². The summed E-state index contributed by atoms with van der Waals surface area (Å²) in [6.07, 6.45) is -0.765. The second-order valence-electron chi connectivity index (χ2n) is 6.61. The van der Waals surface area contributed by atoms with Gasteiger partial charge in [-0.2, -0.15) is 0 Å². The molecule has 0 amide bonds. The zero-order chi connectivity index (χ0) is 16.5. The molecule has 120 valence electrons. The fourth-order valence-corrected chi connectivity index (χ4v) is 2.62. The minimum Gasteiger partial charge on any atom is -0.369 e. The molecule has 0 fully saturated rings. The van der Waals surface area contributed by atoms with Gasteiger partial charge in [0.2, 0.25) is 0 Å². The Labute approximate surface area is 130 Å². The largest absolute Gasteiger partial charge is 0.369 e. The molecule has 0 unspecified atom stereocenters. The van der Waals surface area contributed by atoms with Crippen LogP contribution in [-0.2, 0) is 6.42 Å².